The zero-order valence-electron chi connectivity index (χ0n) is 11.3. The number of hydrogen-bond acceptors (Lipinski definition) is 2. The second-order valence-corrected chi connectivity index (χ2v) is 4.61. The first-order valence-corrected chi connectivity index (χ1v) is 6.54. The number of nitrogens with one attached hydrogen (secondary N) is 1. The molecule has 0 aliphatic carbocycles. The lowest BCUT2D eigenvalue weighted by Gasteiger charge is -2.08. The van der Waals surface area contributed by atoms with Crippen molar-refractivity contribution in [2.45, 2.75) is 26.2 Å². The van der Waals surface area contributed by atoms with Gasteiger partial charge >= 0.3 is 0 Å². The third-order valence-corrected chi connectivity index (χ3v) is 2.97. The van der Waals surface area contributed by atoms with E-state index in [1.165, 1.54) is 5.56 Å². The molecule has 0 saturated heterocycles. The van der Waals surface area contributed by atoms with Gasteiger partial charge in [0.15, 0.2) is 0 Å². The van der Waals surface area contributed by atoms with Crippen molar-refractivity contribution >= 4 is 11.8 Å². The first-order chi connectivity index (χ1) is 9.09. The fourth-order valence-electron chi connectivity index (χ4n) is 1.64. The Bertz CT molecular complexity index is 404. The van der Waals surface area contributed by atoms with E-state index >= 15 is 0 Å². The normalized spacial score (nSPS) is 11.8. The Morgan fingerprint density at radius 2 is 2.00 bits per heavy atom. The highest BCUT2D eigenvalue weighted by molar-refractivity contribution is 5.84. The summed E-state index contributed by atoms with van der Waals surface area (Å²) in [6, 6.07) is 10.0. The lowest BCUT2D eigenvalue weighted by molar-refractivity contribution is -0.122. The molecule has 0 aromatic heterocycles. The molecule has 1 rings (SSSR count). The van der Waals surface area contributed by atoms with Crippen LogP contribution >= 0.6 is 0 Å². The van der Waals surface area contributed by atoms with Gasteiger partial charge in [-0.3, -0.25) is 9.59 Å². The van der Waals surface area contributed by atoms with E-state index < -0.39 is 0 Å². The summed E-state index contributed by atoms with van der Waals surface area (Å²) in [5.74, 6) is -0.625. The molecule has 0 saturated carbocycles. The van der Waals surface area contributed by atoms with Crippen LogP contribution in [0.15, 0.2) is 30.3 Å². The summed E-state index contributed by atoms with van der Waals surface area (Å²) < 4.78 is 0. The summed E-state index contributed by atoms with van der Waals surface area (Å²) in [5.41, 5.74) is 6.35. The number of hydrogen-bond donors (Lipinski definition) is 2. The molecular formula is C15H21N2O2. The largest absolute Gasteiger partial charge is 0.369 e. The van der Waals surface area contributed by atoms with Gasteiger partial charge in [0.25, 0.3) is 0 Å². The summed E-state index contributed by atoms with van der Waals surface area (Å²) in [6.45, 7) is 2.23. The average Bonchev–Trinajstić information content (AvgIpc) is 2.39. The first kappa shape index (κ1) is 15.2. The topological polar surface area (TPSA) is 72.2 Å². The van der Waals surface area contributed by atoms with E-state index in [9.17, 15) is 9.59 Å². The summed E-state index contributed by atoms with van der Waals surface area (Å²) in [7, 11) is 0. The molecule has 4 nitrogen and oxygen atoms in total. The van der Waals surface area contributed by atoms with E-state index in [1.54, 1.807) is 13.3 Å². The molecule has 1 aromatic rings. The number of amides is 2. The van der Waals surface area contributed by atoms with E-state index in [0.717, 1.165) is 6.42 Å². The zero-order chi connectivity index (χ0) is 14.1. The van der Waals surface area contributed by atoms with Crippen LogP contribution in [0, 0.1) is 12.3 Å². The highest BCUT2D eigenvalue weighted by Crippen LogP contribution is 2.04. The smallest absolute Gasteiger partial charge is 0.223 e. The lowest BCUT2D eigenvalue weighted by Crippen LogP contribution is -2.29. The monoisotopic (exact) mass is 261 g/mol. The van der Waals surface area contributed by atoms with Gasteiger partial charge in [-0.05, 0) is 24.8 Å². The molecule has 1 radical (unpaired) electrons. The van der Waals surface area contributed by atoms with Crippen LogP contribution in [0.5, 0.6) is 0 Å². The van der Waals surface area contributed by atoms with Gasteiger partial charge in [-0.2, -0.15) is 0 Å². The maximum atomic E-state index is 11.5. The van der Waals surface area contributed by atoms with Crippen LogP contribution in [0.3, 0.4) is 0 Å². The Labute approximate surface area is 114 Å². The van der Waals surface area contributed by atoms with Gasteiger partial charge in [0.1, 0.15) is 0 Å². The number of benzene rings is 1. The Balaban J connectivity index is 2.10. The molecule has 0 bridgehead atoms. The van der Waals surface area contributed by atoms with Gasteiger partial charge < -0.3 is 11.1 Å². The minimum Gasteiger partial charge on any atom is -0.369 e. The van der Waals surface area contributed by atoms with Crippen molar-refractivity contribution in [3.63, 3.8) is 0 Å². The Morgan fingerprint density at radius 3 is 2.63 bits per heavy atom. The van der Waals surface area contributed by atoms with Gasteiger partial charge in [0, 0.05) is 18.9 Å². The Kier molecular flexibility index (Phi) is 6.64. The van der Waals surface area contributed by atoms with Crippen LogP contribution in [0.4, 0.5) is 0 Å². The van der Waals surface area contributed by atoms with Crippen molar-refractivity contribution in [2.24, 2.45) is 11.7 Å². The molecule has 1 atom stereocenters. The molecule has 0 aliphatic heterocycles. The van der Waals surface area contributed by atoms with Crippen molar-refractivity contribution < 1.29 is 9.59 Å². The van der Waals surface area contributed by atoms with Crippen molar-refractivity contribution in [1.29, 1.82) is 0 Å². The van der Waals surface area contributed by atoms with Crippen LogP contribution in [-0.2, 0) is 16.0 Å². The molecular weight excluding hydrogens is 240 g/mol. The van der Waals surface area contributed by atoms with E-state index in [0.29, 0.717) is 19.4 Å². The maximum Gasteiger partial charge on any atom is 0.223 e. The molecule has 103 valence electrons. The Hall–Kier alpha value is -1.84. The number of nitrogens with two attached hydrogens (primary N) is 1. The minimum atomic E-state index is -0.331. The van der Waals surface area contributed by atoms with E-state index in [2.05, 4.69) is 5.32 Å². The van der Waals surface area contributed by atoms with Crippen LogP contribution in [0.25, 0.3) is 0 Å². The second-order valence-electron chi connectivity index (χ2n) is 4.61. The fourth-order valence-corrected chi connectivity index (χ4v) is 1.64. The van der Waals surface area contributed by atoms with Crippen LogP contribution in [0.2, 0.25) is 0 Å². The highest BCUT2D eigenvalue weighted by Gasteiger charge is 2.08. The van der Waals surface area contributed by atoms with Crippen molar-refractivity contribution in [3.05, 3.63) is 42.3 Å². The molecule has 1 unspecified atom stereocenters. The molecule has 4 heteroatoms. The van der Waals surface area contributed by atoms with Gasteiger partial charge in [-0.15, -0.1) is 0 Å². The number of primary amides is 1. The Morgan fingerprint density at radius 1 is 1.32 bits per heavy atom. The van der Waals surface area contributed by atoms with Gasteiger partial charge in [-0.1, -0.05) is 37.3 Å². The maximum absolute atomic E-state index is 11.5. The molecule has 0 spiro atoms. The van der Waals surface area contributed by atoms with Crippen LogP contribution in [0.1, 0.15) is 25.3 Å². The molecule has 3 N–H and O–H groups in total. The first-order valence-electron chi connectivity index (χ1n) is 6.54. The van der Waals surface area contributed by atoms with Crippen molar-refractivity contribution in [3.8, 4) is 0 Å². The van der Waals surface area contributed by atoms with E-state index in [1.807, 2.05) is 30.3 Å². The fraction of sp³-hybridized carbons (Fsp3) is 0.400. The quantitative estimate of drug-likeness (QED) is 0.743. The third kappa shape index (κ3) is 6.60. The van der Waals surface area contributed by atoms with E-state index in [4.69, 9.17) is 5.73 Å². The third-order valence-electron chi connectivity index (χ3n) is 2.97. The molecule has 2 amide bonds. The van der Waals surface area contributed by atoms with Crippen molar-refractivity contribution in [1.82, 2.24) is 5.32 Å². The van der Waals surface area contributed by atoms with Gasteiger partial charge in [-0.25, -0.2) is 0 Å². The zero-order valence-corrected chi connectivity index (χ0v) is 11.3. The van der Waals surface area contributed by atoms with Gasteiger partial charge in [0.05, 0.1) is 0 Å². The molecule has 19 heavy (non-hydrogen) atoms. The lowest BCUT2D eigenvalue weighted by atomic mass is 10.1. The standard InChI is InChI=1S/C15H21N2O2/c1-12(15(16)19)10-11-17-14(18)9-5-8-13-6-3-2-4-7-13/h2-4,6-7,9,12H,5,8,10-11H2,1H3,(H2,16,19)(H,17,18). The summed E-state index contributed by atoms with van der Waals surface area (Å²) in [4.78, 5) is 22.3. The minimum absolute atomic E-state index is 0.0902. The SMILES string of the molecule is CC(CCNC(=O)[CH]CCc1ccccc1)C(N)=O. The van der Waals surface area contributed by atoms with Crippen molar-refractivity contribution in [2.75, 3.05) is 6.54 Å². The van der Waals surface area contributed by atoms with Crippen LogP contribution in [-0.4, -0.2) is 18.4 Å². The van der Waals surface area contributed by atoms with E-state index in [-0.39, 0.29) is 17.7 Å². The number of aryl methyl sites for hydroxylation is 1. The summed E-state index contributed by atoms with van der Waals surface area (Å²) >= 11 is 0. The van der Waals surface area contributed by atoms with Crippen LogP contribution < -0.4 is 11.1 Å². The number of carbonyl (C=O) groups excluding carboxylic acids is 2. The summed E-state index contributed by atoms with van der Waals surface area (Å²) in [5, 5.41) is 2.75. The second kappa shape index (κ2) is 8.29. The highest BCUT2D eigenvalue weighted by atomic mass is 16.2. The predicted octanol–water partition coefficient (Wildman–Crippen LogP) is 1.45. The molecule has 0 fully saturated rings. The summed E-state index contributed by atoms with van der Waals surface area (Å²) in [6.07, 6.45) is 3.78. The number of carbonyl (C=O) groups is 2. The predicted molar refractivity (Wildman–Crippen MR) is 75.0 cm³/mol. The molecule has 1 aromatic carbocycles. The molecule has 0 aliphatic rings. The number of rotatable bonds is 8. The van der Waals surface area contributed by atoms with Gasteiger partial charge in [0.2, 0.25) is 11.8 Å². The molecule has 0 heterocycles. The average molecular weight is 261 g/mol.